The first-order valence-corrected chi connectivity index (χ1v) is 14.3. The van der Waals surface area contributed by atoms with E-state index in [0.29, 0.717) is 29.6 Å². The molecule has 0 radical (unpaired) electrons. The SMILES string of the molecule is COc1ccc(C[C@H](NC(=O)[C@H](C)NC(=O)c2ccc(C)s2)C(=O)N[C@@H](CC2CCCC2)C(=O)[C@H]2CO2)cc1. The fourth-order valence-electron chi connectivity index (χ4n) is 4.93. The lowest BCUT2D eigenvalue weighted by Crippen LogP contribution is -2.56. The lowest BCUT2D eigenvalue weighted by Gasteiger charge is -2.25. The van der Waals surface area contributed by atoms with Crippen LogP contribution in [-0.4, -0.2) is 61.5 Å². The fourth-order valence-corrected chi connectivity index (χ4v) is 5.70. The van der Waals surface area contributed by atoms with Crippen molar-refractivity contribution < 1.29 is 28.7 Å². The van der Waals surface area contributed by atoms with Crippen LogP contribution in [0, 0.1) is 12.8 Å². The summed E-state index contributed by atoms with van der Waals surface area (Å²) in [6, 6.07) is 8.30. The highest BCUT2D eigenvalue weighted by Crippen LogP contribution is 2.30. The van der Waals surface area contributed by atoms with Crippen molar-refractivity contribution in [2.24, 2.45) is 5.92 Å². The number of rotatable bonds is 13. The minimum absolute atomic E-state index is 0.114. The van der Waals surface area contributed by atoms with E-state index < -0.39 is 36.0 Å². The first-order valence-electron chi connectivity index (χ1n) is 13.5. The molecule has 1 aromatic carbocycles. The van der Waals surface area contributed by atoms with E-state index in [4.69, 9.17) is 9.47 Å². The monoisotopic (exact) mass is 555 g/mol. The second-order valence-corrected chi connectivity index (χ2v) is 11.7. The van der Waals surface area contributed by atoms with Gasteiger partial charge in [-0.15, -0.1) is 11.3 Å². The Morgan fingerprint density at radius 3 is 2.23 bits per heavy atom. The Bertz CT molecular complexity index is 1170. The average Bonchev–Trinajstić information content (AvgIpc) is 3.47. The summed E-state index contributed by atoms with van der Waals surface area (Å²) < 4.78 is 10.4. The number of benzene rings is 1. The van der Waals surface area contributed by atoms with Gasteiger partial charge >= 0.3 is 0 Å². The van der Waals surface area contributed by atoms with E-state index in [1.165, 1.54) is 11.3 Å². The molecule has 1 aromatic heterocycles. The summed E-state index contributed by atoms with van der Waals surface area (Å²) in [7, 11) is 1.57. The number of epoxide rings is 1. The summed E-state index contributed by atoms with van der Waals surface area (Å²) >= 11 is 1.34. The van der Waals surface area contributed by atoms with Gasteiger partial charge in [0, 0.05) is 11.3 Å². The third kappa shape index (κ3) is 8.12. The molecule has 0 bridgehead atoms. The van der Waals surface area contributed by atoms with E-state index in [2.05, 4.69) is 16.0 Å². The normalized spacial score (nSPS) is 19.0. The molecule has 3 amide bonds. The predicted octanol–water partition coefficient (Wildman–Crippen LogP) is 2.94. The third-order valence-electron chi connectivity index (χ3n) is 7.29. The van der Waals surface area contributed by atoms with Crippen molar-refractivity contribution in [2.45, 2.75) is 76.6 Å². The van der Waals surface area contributed by atoms with Gasteiger partial charge in [-0.1, -0.05) is 37.8 Å². The number of methoxy groups -OCH3 is 1. The number of nitrogens with one attached hydrogen (secondary N) is 3. The number of hydrogen-bond acceptors (Lipinski definition) is 7. The van der Waals surface area contributed by atoms with Crippen LogP contribution in [0.15, 0.2) is 36.4 Å². The second-order valence-electron chi connectivity index (χ2n) is 10.4. The molecule has 1 aliphatic carbocycles. The fraction of sp³-hybridized carbons (Fsp3) is 0.517. The van der Waals surface area contributed by atoms with Gasteiger partial charge in [0.15, 0.2) is 5.78 Å². The number of thiophene rings is 1. The van der Waals surface area contributed by atoms with Gasteiger partial charge in [0.05, 0.1) is 24.6 Å². The van der Waals surface area contributed by atoms with Crippen LogP contribution in [0.2, 0.25) is 0 Å². The van der Waals surface area contributed by atoms with Crippen molar-refractivity contribution in [3.05, 3.63) is 51.7 Å². The molecule has 1 saturated heterocycles. The van der Waals surface area contributed by atoms with Gasteiger partial charge in [0.2, 0.25) is 11.8 Å². The number of hydrogen-bond donors (Lipinski definition) is 3. The van der Waals surface area contributed by atoms with Crippen LogP contribution >= 0.6 is 11.3 Å². The van der Waals surface area contributed by atoms with Crippen molar-refractivity contribution in [3.63, 3.8) is 0 Å². The minimum atomic E-state index is -0.951. The maximum Gasteiger partial charge on any atom is 0.261 e. The number of aryl methyl sites for hydroxylation is 1. The second kappa shape index (κ2) is 13.2. The zero-order chi connectivity index (χ0) is 27.9. The Kier molecular flexibility index (Phi) is 9.74. The number of ketones is 1. The maximum atomic E-state index is 13.6. The summed E-state index contributed by atoms with van der Waals surface area (Å²) in [6.07, 6.45) is 4.64. The summed E-state index contributed by atoms with van der Waals surface area (Å²) in [6.45, 7) is 3.86. The molecule has 2 heterocycles. The Balaban J connectivity index is 1.46. The smallest absolute Gasteiger partial charge is 0.261 e. The molecule has 2 fully saturated rings. The Labute approximate surface area is 233 Å². The molecule has 9 nitrogen and oxygen atoms in total. The highest BCUT2D eigenvalue weighted by Gasteiger charge is 2.39. The Morgan fingerprint density at radius 2 is 1.64 bits per heavy atom. The molecule has 2 aromatic rings. The van der Waals surface area contributed by atoms with E-state index in [1.54, 1.807) is 32.2 Å². The number of amides is 3. The lowest BCUT2D eigenvalue weighted by molar-refractivity contribution is -0.132. The van der Waals surface area contributed by atoms with Crippen molar-refractivity contribution in [3.8, 4) is 5.75 Å². The first-order chi connectivity index (χ1) is 18.7. The van der Waals surface area contributed by atoms with Gasteiger partial charge in [-0.2, -0.15) is 0 Å². The topological polar surface area (TPSA) is 126 Å². The van der Waals surface area contributed by atoms with Gasteiger partial charge < -0.3 is 25.4 Å². The van der Waals surface area contributed by atoms with Crippen molar-refractivity contribution in [1.29, 1.82) is 0 Å². The van der Waals surface area contributed by atoms with Crippen molar-refractivity contribution >= 4 is 34.8 Å². The quantitative estimate of drug-likeness (QED) is 0.326. The molecular weight excluding hydrogens is 518 g/mol. The number of Topliss-reactive ketones (excluding diaryl/α,β-unsaturated/α-hetero) is 1. The van der Waals surface area contributed by atoms with E-state index in [-0.39, 0.29) is 18.1 Å². The molecule has 1 saturated carbocycles. The number of carbonyl (C=O) groups excluding carboxylic acids is 4. The number of carbonyl (C=O) groups is 4. The molecule has 10 heteroatoms. The molecule has 0 unspecified atom stereocenters. The van der Waals surface area contributed by atoms with E-state index >= 15 is 0 Å². The van der Waals surface area contributed by atoms with Gasteiger partial charge in [-0.05, 0) is 56.0 Å². The van der Waals surface area contributed by atoms with E-state index in [9.17, 15) is 19.2 Å². The molecule has 4 rings (SSSR count). The summed E-state index contributed by atoms with van der Waals surface area (Å²) in [4.78, 5) is 53.8. The van der Waals surface area contributed by atoms with Crippen LogP contribution < -0.4 is 20.7 Å². The zero-order valence-corrected chi connectivity index (χ0v) is 23.5. The van der Waals surface area contributed by atoms with Gasteiger partial charge in [-0.25, -0.2) is 0 Å². The van der Waals surface area contributed by atoms with Crippen molar-refractivity contribution in [1.82, 2.24) is 16.0 Å². The average molecular weight is 556 g/mol. The largest absolute Gasteiger partial charge is 0.497 e. The molecule has 4 atom stereocenters. The summed E-state index contributed by atoms with van der Waals surface area (Å²) in [5, 5.41) is 8.43. The van der Waals surface area contributed by atoms with Crippen LogP contribution in [0.3, 0.4) is 0 Å². The third-order valence-corrected chi connectivity index (χ3v) is 8.29. The van der Waals surface area contributed by atoms with E-state index in [0.717, 1.165) is 36.1 Å². The van der Waals surface area contributed by atoms with E-state index in [1.807, 2.05) is 25.1 Å². The molecule has 1 aliphatic heterocycles. The summed E-state index contributed by atoms with van der Waals surface area (Å²) in [5.74, 6) is -0.340. The summed E-state index contributed by atoms with van der Waals surface area (Å²) in [5.41, 5.74) is 0.811. The van der Waals surface area contributed by atoms with Gasteiger partial charge in [0.25, 0.3) is 5.91 Å². The Morgan fingerprint density at radius 1 is 0.974 bits per heavy atom. The molecule has 2 aliphatic rings. The van der Waals surface area contributed by atoms with Crippen LogP contribution in [0.25, 0.3) is 0 Å². The molecule has 39 heavy (non-hydrogen) atoms. The van der Waals surface area contributed by atoms with Gasteiger partial charge in [0.1, 0.15) is 23.9 Å². The molecule has 0 spiro atoms. The lowest BCUT2D eigenvalue weighted by atomic mass is 9.94. The Hall–Kier alpha value is -3.24. The first kappa shape index (κ1) is 28.8. The maximum absolute atomic E-state index is 13.6. The van der Waals surface area contributed by atoms with Crippen LogP contribution in [-0.2, 0) is 25.5 Å². The molecular formula is C29H37N3O6S. The minimum Gasteiger partial charge on any atom is -0.497 e. The molecule has 210 valence electrons. The zero-order valence-electron chi connectivity index (χ0n) is 22.7. The standard InChI is InChI=1S/C29H37N3O6S/c1-17-8-13-25(39-17)29(36)30-18(2)27(34)32-23(15-20-9-11-21(37-3)12-10-20)28(35)31-22(26(33)24-16-38-24)14-19-6-4-5-7-19/h8-13,18-19,22-24H,4-7,14-16H2,1-3H3,(H,30,36)(H,31,35)(H,32,34)/t18-,22-,23-,24+/m0/s1. The van der Waals surface area contributed by atoms with Crippen molar-refractivity contribution in [2.75, 3.05) is 13.7 Å². The highest BCUT2D eigenvalue weighted by atomic mass is 32.1. The van der Waals surface area contributed by atoms with Crippen LogP contribution in [0.1, 0.15) is 59.1 Å². The molecule has 3 N–H and O–H groups in total. The highest BCUT2D eigenvalue weighted by molar-refractivity contribution is 7.13. The van der Waals surface area contributed by atoms with Crippen LogP contribution in [0.5, 0.6) is 5.75 Å². The van der Waals surface area contributed by atoms with Gasteiger partial charge in [-0.3, -0.25) is 19.2 Å². The predicted molar refractivity (Wildman–Crippen MR) is 148 cm³/mol. The number of ether oxygens (including phenoxy) is 2. The van der Waals surface area contributed by atoms with Crippen LogP contribution in [0.4, 0.5) is 0 Å².